The van der Waals surface area contributed by atoms with E-state index in [9.17, 15) is 13.2 Å². The highest BCUT2D eigenvalue weighted by atomic mass is 32.2. The first-order chi connectivity index (χ1) is 15.7. The minimum absolute atomic E-state index is 0.00142. The van der Waals surface area contributed by atoms with E-state index >= 15 is 0 Å². The van der Waals surface area contributed by atoms with Crippen LogP contribution in [0, 0.1) is 11.3 Å². The largest absolute Gasteiger partial charge is 0.349 e. The zero-order valence-electron chi connectivity index (χ0n) is 19.5. The Kier molecular flexibility index (Phi) is 6.59. The van der Waals surface area contributed by atoms with Gasteiger partial charge in [0.25, 0.3) is 0 Å². The van der Waals surface area contributed by atoms with Gasteiger partial charge >= 0.3 is 0 Å². The van der Waals surface area contributed by atoms with Crippen LogP contribution < -0.4 is 5.32 Å². The Morgan fingerprint density at radius 2 is 1.52 bits per heavy atom. The lowest BCUT2D eigenvalue weighted by atomic mass is 9.81. The molecule has 0 radical (unpaired) electrons. The Morgan fingerprint density at radius 1 is 0.909 bits per heavy atom. The number of benzene rings is 3. The van der Waals surface area contributed by atoms with Gasteiger partial charge in [0.05, 0.1) is 10.9 Å². The van der Waals surface area contributed by atoms with Crippen LogP contribution in [0.5, 0.6) is 0 Å². The molecule has 0 saturated carbocycles. The fourth-order valence-electron chi connectivity index (χ4n) is 4.54. The second kappa shape index (κ2) is 9.27. The topological polar surface area (TPSA) is 66.5 Å². The maximum absolute atomic E-state index is 13.2. The summed E-state index contributed by atoms with van der Waals surface area (Å²) in [7, 11) is -3.59. The molecule has 1 unspecified atom stereocenters. The molecule has 5 nitrogen and oxygen atoms in total. The van der Waals surface area contributed by atoms with Gasteiger partial charge in [0, 0.05) is 19.0 Å². The molecule has 4 rings (SSSR count). The van der Waals surface area contributed by atoms with Crippen LogP contribution in [0.3, 0.4) is 0 Å². The van der Waals surface area contributed by atoms with Crippen molar-refractivity contribution >= 4 is 26.7 Å². The first-order valence-electron chi connectivity index (χ1n) is 11.5. The van der Waals surface area contributed by atoms with Crippen molar-refractivity contribution < 1.29 is 13.2 Å². The highest BCUT2D eigenvalue weighted by Gasteiger charge is 2.35. The summed E-state index contributed by atoms with van der Waals surface area (Å²) in [5, 5.41) is 5.16. The van der Waals surface area contributed by atoms with Crippen LogP contribution >= 0.6 is 0 Å². The van der Waals surface area contributed by atoms with Crippen LogP contribution in [0.25, 0.3) is 10.8 Å². The van der Waals surface area contributed by atoms with E-state index in [1.54, 1.807) is 12.1 Å². The van der Waals surface area contributed by atoms with Gasteiger partial charge in [-0.15, -0.1) is 0 Å². The number of fused-ring (bicyclic) bond motifs is 1. The first-order valence-corrected chi connectivity index (χ1v) is 12.9. The van der Waals surface area contributed by atoms with Crippen molar-refractivity contribution in [2.45, 2.75) is 44.6 Å². The predicted octanol–water partition coefficient (Wildman–Crippen LogP) is 5.14. The van der Waals surface area contributed by atoms with E-state index in [1.165, 1.54) is 4.31 Å². The van der Waals surface area contributed by atoms with E-state index in [2.05, 4.69) is 26.1 Å². The van der Waals surface area contributed by atoms with E-state index in [1.807, 2.05) is 60.7 Å². The number of sulfonamides is 1. The molecular formula is C27H32N2O3S. The first kappa shape index (κ1) is 23.5. The van der Waals surface area contributed by atoms with Gasteiger partial charge in [-0.25, -0.2) is 8.42 Å². The number of carbonyl (C=O) groups is 1. The zero-order chi connectivity index (χ0) is 23.6. The van der Waals surface area contributed by atoms with Gasteiger partial charge in [-0.3, -0.25) is 4.79 Å². The normalized spacial score (nSPS) is 17.1. The Bertz CT molecular complexity index is 1220. The lowest BCUT2D eigenvalue weighted by molar-refractivity contribution is -0.127. The number of rotatable bonds is 5. The monoisotopic (exact) mass is 464 g/mol. The second-order valence-electron chi connectivity index (χ2n) is 9.91. The lowest BCUT2D eigenvalue weighted by Crippen LogP contribution is -2.45. The quantitative estimate of drug-likeness (QED) is 0.568. The van der Waals surface area contributed by atoms with Crippen molar-refractivity contribution in [2.75, 3.05) is 13.1 Å². The number of piperidine rings is 1. The molecule has 174 valence electrons. The van der Waals surface area contributed by atoms with Crippen molar-refractivity contribution in [1.82, 2.24) is 9.62 Å². The standard InChI is InChI=1S/C27H32N2O3S/c1-27(2,3)25(21-10-5-4-6-11-21)28-26(30)22-15-17-29(18-16-22)33(31,32)24-14-13-20-9-7-8-12-23(20)19-24/h4-14,19,22,25H,15-18H2,1-3H3,(H,28,30). The Morgan fingerprint density at radius 3 is 2.15 bits per heavy atom. The fraction of sp³-hybridized carbons (Fsp3) is 0.370. The van der Waals surface area contributed by atoms with Gasteiger partial charge in [-0.2, -0.15) is 4.31 Å². The van der Waals surface area contributed by atoms with Crippen molar-refractivity contribution in [2.24, 2.45) is 11.3 Å². The summed E-state index contributed by atoms with van der Waals surface area (Å²) in [5.41, 5.74) is 0.937. The predicted molar refractivity (Wildman–Crippen MR) is 132 cm³/mol. The summed E-state index contributed by atoms with van der Waals surface area (Å²) in [4.78, 5) is 13.4. The molecule has 3 aromatic carbocycles. The van der Waals surface area contributed by atoms with Crippen LogP contribution in [0.15, 0.2) is 77.7 Å². The molecule has 1 heterocycles. The number of nitrogens with zero attached hydrogens (tertiary/aromatic N) is 1. The number of amides is 1. The van der Waals surface area contributed by atoms with Gasteiger partial charge in [-0.1, -0.05) is 81.4 Å². The van der Waals surface area contributed by atoms with Gasteiger partial charge in [0.1, 0.15) is 0 Å². The average Bonchev–Trinajstić information content (AvgIpc) is 2.82. The minimum atomic E-state index is -3.59. The van der Waals surface area contributed by atoms with Crippen LogP contribution in [0.4, 0.5) is 0 Å². The molecule has 6 heteroatoms. The lowest BCUT2D eigenvalue weighted by Gasteiger charge is -2.35. The van der Waals surface area contributed by atoms with Gasteiger partial charge < -0.3 is 5.32 Å². The molecule has 1 aliphatic heterocycles. The number of hydrogen-bond acceptors (Lipinski definition) is 3. The Labute approximate surface area is 196 Å². The highest BCUT2D eigenvalue weighted by molar-refractivity contribution is 7.89. The van der Waals surface area contributed by atoms with E-state index in [-0.39, 0.29) is 23.3 Å². The molecule has 33 heavy (non-hydrogen) atoms. The van der Waals surface area contributed by atoms with E-state index in [4.69, 9.17) is 0 Å². The summed E-state index contributed by atoms with van der Waals surface area (Å²) in [5.74, 6) is -0.192. The molecule has 0 spiro atoms. The molecule has 1 aliphatic rings. The maximum atomic E-state index is 13.2. The van der Waals surface area contributed by atoms with Crippen LogP contribution in [-0.2, 0) is 14.8 Å². The van der Waals surface area contributed by atoms with Crippen LogP contribution in [-0.4, -0.2) is 31.7 Å². The molecule has 1 atom stereocenters. The van der Waals surface area contributed by atoms with E-state index in [0.29, 0.717) is 30.8 Å². The average molecular weight is 465 g/mol. The van der Waals surface area contributed by atoms with E-state index < -0.39 is 10.0 Å². The molecule has 3 aromatic rings. The number of nitrogens with one attached hydrogen (secondary N) is 1. The van der Waals surface area contributed by atoms with Gasteiger partial charge in [0.15, 0.2) is 0 Å². The fourth-order valence-corrected chi connectivity index (χ4v) is 6.05. The Balaban J connectivity index is 1.43. The summed E-state index contributed by atoms with van der Waals surface area (Å²) in [6.07, 6.45) is 1.04. The van der Waals surface area contributed by atoms with Crippen molar-refractivity contribution in [3.8, 4) is 0 Å². The minimum Gasteiger partial charge on any atom is -0.349 e. The third kappa shape index (κ3) is 5.12. The number of carbonyl (C=O) groups excluding carboxylic acids is 1. The smallest absolute Gasteiger partial charge is 0.243 e. The van der Waals surface area contributed by atoms with Crippen molar-refractivity contribution in [1.29, 1.82) is 0 Å². The molecule has 0 bridgehead atoms. The van der Waals surface area contributed by atoms with Crippen molar-refractivity contribution in [3.05, 3.63) is 78.4 Å². The van der Waals surface area contributed by atoms with E-state index in [0.717, 1.165) is 16.3 Å². The Hall–Kier alpha value is -2.70. The van der Waals surface area contributed by atoms with Gasteiger partial charge in [0.2, 0.25) is 15.9 Å². The molecule has 0 aromatic heterocycles. The van der Waals surface area contributed by atoms with Crippen LogP contribution in [0.2, 0.25) is 0 Å². The maximum Gasteiger partial charge on any atom is 0.243 e. The molecular weight excluding hydrogens is 432 g/mol. The van der Waals surface area contributed by atoms with Gasteiger partial charge in [-0.05, 0) is 46.7 Å². The molecule has 1 saturated heterocycles. The number of hydrogen-bond donors (Lipinski definition) is 1. The zero-order valence-corrected chi connectivity index (χ0v) is 20.3. The summed E-state index contributed by atoms with van der Waals surface area (Å²) in [6, 6.07) is 22.9. The third-order valence-electron chi connectivity index (χ3n) is 6.47. The third-order valence-corrected chi connectivity index (χ3v) is 8.36. The highest BCUT2D eigenvalue weighted by Crippen LogP contribution is 2.34. The summed E-state index contributed by atoms with van der Waals surface area (Å²) < 4.78 is 28.0. The molecule has 1 fully saturated rings. The molecule has 1 N–H and O–H groups in total. The second-order valence-corrected chi connectivity index (χ2v) is 11.8. The SMILES string of the molecule is CC(C)(C)C(NC(=O)C1CCN(S(=O)(=O)c2ccc3ccccc3c2)CC1)c1ccccc1. The van der Waals surface area contributed by atoms with Crippen molar-refractivity contribution in [3.63, 3.8) is 0 Å². The summed E-state index contributed by atoms with van der Waals surface area (Å²) >= 11 is 0. The molecule has 0 aliphatic carbocycles. The van der Waals surface area contributed by atoms with Crippen LogP contribution in [0.1, 0.15) is 45.2 Å². The summed E-state index contributed by atoms with van der Waals surface area (Å²) in [6.45, 7) is 7.04. The molecule has 1 amide bonds.